The maximum Gasteiger partial charge on any atom is 0.123 e. The number of hydrogen-bond donors (Lipinski definition) is 2. The van der Waals surface area contributed by atoms with E-state index in [9.17, 15) is 0 Å². The Morgan fingerprint density at radius 1 is 1.10 bits per heavy atom. The summed E-state index contributed by atoms with van der Waals surface area (Å²) in [5.41, 5.74) is 9.69. The van der Waals surface area contributed by atoms with Gasteiger partial charge in [-0.25, -0.2) is 0 Å². The Kier molecular flexibility index (Phi) is 4.41. The molecule has 0 aliphatic rings. The molecule has 0 aliphatic carbocycles. The second kappa shape index (κ2) is 6.24. The van der Waals surface area contributed by atoms with Crippen LogP contribution in [0.3, 0.4) is 0 Å². The molecule has 2 aromatic carbocycles. The third-order valence-electron chi connectivity index (χ3n) is 3.32. The Hall–Kier alpha value is -2.29. The predicted molar refractivity (Wildman–Crippen MR) is 82.3 cm³/mol. The van der Waals surface area contributed by atoms with Gasteiger partial charge in [-0.05, 0) is 36.1 Å². The van der Waals surface area contributed by atoms with E-state index in [2.05, 4.69) is 31.2 Å². The Morgan fingerprint density at radius 3 is 2.35 bits per heavy atom. The van der Waals surface area contributed by atoms with Crippen LogP contribution < -0.4 is 10.5 Å². The van der Waals surface area contributed by atoms with Crippen LogP contribution in [-0.4, -0.2) is 5.84 Å². The average molecular weight is 268 g/mol. The maximum atomic E-state index is 7.47. The molecule has 0 unspecified atom stereocenters. The van der Waals surface area contributed by atoms with Gasteiger partial charge < -0.3 is 10.5 Å². The van der Waals surface area contributed by atoms with Crippen molar-refractivity contribution in [3.63, 3.8) is 0 Å². The molecule has 0 spiro atoms. The fourth-order valence-corrected chi connectivity index (χ4v) is 1.96. The van der Waals surface area contributed by atoms with Crippen LogP contribution >= 0.6 is 0 Å². The zero-order chi connectivity index (χ0) is 14.5. The van der Waals surface area contributed by atoms with Crippen LogP contribution in [0.2, 0.25) is 0 Å². The SMILES string of the molecule is CCc1ccc(COc2cc(C(=N)N)ccc2C)cc1. The fourth-order valence-electron chi connectivity index (χ4n) is 1.96. The molecule has 0 saturated heterocycles. The minimum atomic E-state index is 0.0575. The minimum absolute atomic E-state index is 0.0575. The van der Waals surface area contributed by atoms with E-state index in [1.807, 2.05) is 25.1 Å². The molecule has 3 nitrogen and oxygen atoms in total. The van der Waals surface area contributed by atoms with Gasteiger partial charge in [0.05, 0.1) is 0 Å². The van der Waals surface area contributed by atoms with E-state index < -0.39 is 0 Å². The number of amidine groups is 1. The summed E-state index contributed by atoms with van der Waals surface area (Å²) in [6, 6.07) is 14.0. The van der Waals surface area contributed by atoms with Gasteiger partial charge in [-0.1, -0.05) is 43.3 Å². The molecule has 0 amide bonds. The normalized spacial score (nSPS) is 10.3. The Labute approximate surface area is 119 Å². The van der Waals surface area contributed by atoms with Crippen LogP contribution in [0.4, 0.5) is 0 Å². The summed E-state index contributed by atoms with van der Waals surface area (Å²) in [5, 5.41) is 7.47. The summed E-state index contributed by atoms with van der Waals surface area (Å²) in [4.78, 5) is 0. The maximum absolute atomic E-state index is 7.47. The van der Waals surface area contributed by atoms with Gasteiger partial charge >= 0.3 is 0 Å². The standard InChI is InChI=1S/C17H20N2O/c1-3-13-5-7-14(8-6-13)11-20-16-10-15(17(18)19)9-4-12(16)2/h4-10H,3,11H2,1-2H3,(H3,18,19). The highest BCUT2D eigenvalue weighted by molar-refractivity contribution is 5.95. The smallest absolute Gasteiger partial charge is 0.123 e. The van der Waals surface area contributed by atoms with E-state index in [1.165, 1.54) is 5.56 Å². The molecule has 3 heteroatoms. The van der Waals surface area contributed by atoms with Crippen LogP contribution in [0, 0.1) is 12.3 Å². The summed E-state index contributed by atoms with van der Waals surface area (Å²) >= 11 is 0. The van der Waals surface area contributed by atoms with Gasteiger partial charge in [-0.2, -0.15) is 0 Å². The first-order valence-corrected chi connectivity index (χ1v) is 6.76. The van der Waals surface area contributed by atoms with Crippen molar-refractivity contribution >= 4 is 5.84 Å². The van der Waals surface area contributed by atoms with Crippen LogP contribution in [-0.2, 0) is 13.0 Å². The van der Waals surface area contributed by atoms with Gasteiger partial charge in [-0.15, -0.1) is 0 Å². The second-order valence-electron chi connectivity index (χ2n) is 4.85. The first-order chi connectivity index (χ1) is 9.60. The first-order valence-electron chi connectivity index (χ1n) is 6.76. The molecular formula is C17H20N2O. The molecule has 0 fully saturated rings. The zero-order valence-corrected chi connectivity index (χ0v) is 11.9. The van der Waals surface area contributed by atoms with Gasteiger partial charge in [0.1, 0.15) is 18.2 Å². The second-order valence-corrected chi connectivity index (χ2v) is 4.85. The molecule has 0 heterocycles. The van der Waals surface area contributed by atoms with Crippen molar-refractivity contribution in [3.05, 3.63) is 64.7 Å². The molecule has 2 rings (SSSR count). The Balaban J connectivity index is 2.09. The van der Waals surface area contributed by atoms with Crippen LogP contribution in [0.15, 0.2) is 42.5 Å². The van der Waals surface area contributed by atoms with Crippen molar-refractivity contribution in [2.45, 2.75) is 26.9 Å². The number of benzene rings is 2. The molecule has 2 aromatic rings. The number of hydrogen-bond acceptors (Lipinski definition) is 2. The number of rotatable bonds is 5. The Bertz CT molecular complexity index is 603. The summed E-state index contributed by atoms with van der Waals surface area (Å²) in [7, 11) is 0. The minimum Gasteiger partial charge on any atom is -0.489 e. The predicted octanol–water partition coefficient (Wildman–Crippen LogP) is 3.42. The lowest BCUT2D eigenvalue weighted by molar-refractivity contribution is 0.304. The first kappa shape index (κ1) is 14.1. The summed E-state index contributed by atoms with van der Waals surface area (Å²) < 4.78 is 5.83. The molecule has 0 bridgehead atoms. The molecule has 0 atom stereocenters. The Morgan fingerprint density at radius 2 is 1.75 bits per heavy atom. The monoisotopic (exact) mass is 268 g/mol. The van der Waals surface area contributed by atoms with Crippen molar-refractivity contribution in [3.8, 4) is 5.75 Å². The third kappa shape index (κ3) is 3.38. The van der Waals surface area contributed by atoms with Crippen LogP contribution in [0.1, 0.15) is 29.2 Å². The number of ether oxygens (including phenoxy) is 1. The van der Waals surface area contributed by atoms with Crippen molar-refractivity contribution in [2.24, 2.45) is 5.73 Å². The van der Waals surface area contributed by atoms with Gasteiger partial charge in [0.2, 0.25) is 0 Å². The summed E-state index contributed by atoms with van der Waals surface area (Å²) in [6.07, 6.45) is 1.04. The van der Waals surface area contributed by atoms with E-state index in [0.29, 0.717) is 12.2 Å². The zero-order valence-electron chi connectivity index (χ0n) is 11.9. The number of nitrogens with two attached hydrogens (primary N) is 1. The molecule has 0 aromatic heterocycles. The van der Waals surface area contributed by atoms with E-state index >= 15 is 0 Å². The number of nitrogens with one attached hydrogen (secondary N) is 1. The van der Waals surface area contributed by atoms with Gasteiger partial charge in [-0.3, -0.25) is 5.41 Å². The van der Waals surface area contributed by atoms with E-state index in [-0.39, 0.29) is 5.84 Å². The lowest BCUT2D eigenvalue weighted by Crippen LogP contribution is -2.11. The van der Waals surface area contributed by atoms with E-state index in [1.54, 1.807) is 0 Å². The topological polar surface area (TPSA) is 59.1 Å². The molecule has 0 radical (unpaired) electrons. The average Bonchev–Trinajstić information content (AvgIpc) is 2.46. The van der Waals surface area contributed by atoms with E-state index in [0.717, 1.165) is 23.3 Å². The van der Waals surface area contributed by atoms with Gasteiger partial charge in [0.25, 0.3) is 0 Å². The van der Waals surface area contributed by atoms with Crippen LogP contribution in [0.25, 0.3) is 0 Å². The number of aryl methyl sites for hydroxylation is 2. The molecular weight excluding hydrogens is 248 g/mol. The lowest BCUT2D eigenvalue weighted by Gasteiger charge is -2.11. The summed E-state index contributed by atoms with van der Waals surface area (Å²) in [5.74, 6) is 0.833. The molecule has 104 valence electrons. The summed E-state index contributed by atoms with van der Waals surface area (Å²) in [6.45, 7) is 4.65. The van der Waals surface area contributed by atoms with Gasteiger partial charge in [0, 0.05) is 5.56 Å². The van der Waals surface area contributed by atoms with Gasteiger partial charge in [0.15, 0.2) is 0 Å². The van der Waals surface area contributed by atoms with Crippen molar-refractivity contribution in [1.29, 1.82) is 5.41 Å². The van der Waals surface area contributed by atoms with E-state index in [4.69, 9.17) is 15.9 Å². The van der Waals surface area contributed by atoms with Crippen molar-refractivity contribution in [2.75, 3.05) is 0 Å². The highest BCUT2D eigenvalue weighted by Gasteiger charge is 2.04. The molecule has 0 saturated carbocycles. The highest BCUT2D eigenvalue weighted by atomic mass is 16.5. The van der Waals surface area contributed by atoms with Crippen molar-refractivity contribution in [1.82, 2.24) is 0 Å². The van der Waals surface area contributed by atoms with Crippen molar-refractivity contribution < 1.29 is 4.74 Å². The quantitative estimate of drug-likeness (QED) is 0.645. The highest BCUT2D eigenvalue weighted by Crippen LogP contribution is 2.20. The third-order valence-corrected chi connectivity index (χ3v) is 3.32. The fraction of sp³-hybridized carbons (Fsp3) is 0.235. The molecule has 20 heavy (non-hydrogen) atoms. The number of nitrogen functional groups attached to an aromatic ring is 1. The molecule has 0 aliphatic heterocycles. The molecule has 3 N–H and O–H groups in total. The van der Waals surface area contributed by atoms with Crippen LogP contribution in [0.5, 0.6) is 5.75 Å². The largest absolute Gasteiger partial charge is 0.489 e. The lowest BCUT2D eigenvalue weighted by atomic mass is 10.1.